The number of hydrogen-bond donors (Lipinski definition) is 2. The number of imide groups is 2. The molecule has 1 aromatic heterocycles. The van der Waals surface area contributed by atoms with Gasteiger partial charge in [-0.1, -0.05) is 26.2 Å². The first-order valence-corrected chi connectivity index (χ1v) is 14.1. The average molecular weight is 567 g/mol. The van der Waals surface area contributed by atoms with Crippen molar-refractivity contribution in [3.8, 4) is 5.88 Å². The summed E-state index contributed by atoms with van der Waals surface area (Å²) in [6.45, 7) is 3.29. The molecule has 1 spiro atoms. The Bertz CT molecular complexity index is 1500. The Morgan fingerprint density at radius 2 is 1.85 bits per heavy atom. The number of nitrogens with zero attached hydrogens (tertiary/aromatic N) is 5. The van der Waals surface area contributed by atoms with Gasteiger partial charge in [0.05, 0.1) is 11.7 Å². The van der Waals surface area contributed by atoms with Crippen molar-refractivity contribution in [3.63, 3.8) is 0 Å². The van der Waals surface area contributed by atoms with E-state index in [0.717, 1.165) is 53.2 Å². The van der Waals surface area contributed by atoms with Crippen molar-refractivity contribution in [2.24, 2.45) is 10.4 Å². The Labute approximate surface area is 237 Å². The molecule has 1 atom stereocenters. The lowest BCUT2D eigenvalue weighted by atomic mass is 9.68. The number of carbonyl (C=O) groups is 3. The topological polar surface area (TPSA) is 131 Å². The highest BCUT2D eigenvalue weighted by atomic mass is 32.1. The molecule has 12 heteroatoms. The summed E-state index contributed by atoms with van der Waals surface area (Å²) in [6, 6.07) is 4.54. The highest BCUT2D eigenvalue weighted by molar-refractivity contribution is 7.71. The second-order valence-electron chi connectivity index (χ2n) is 10.8. The van der Waals surface area contributed by atoms with Gasteiger partial charge < -0.3 is 10.0 Å². The van der Waals surface area contributed by atoms with E-state index in [1.165, 1.54) is 24.9 Å². The van der Waals surface area contributed by atoms with E-state index in [1.807, 2.05) is 6.07 Å². The van der Waals surface area contributed by atoms with Gasteiger partial charge in [-0.05, 0) is 61.7 Å². The number of carbonyl (C=O) groups excluding carboxylic acids is 3. The number of unbranched alkanes of at least 4 members (excludes halogenated alkanes) is 3. The van der Waals surface area contributed by atoms with Crippen LogP contribution in [0.2, 0.25) is 0 Å². The fraction of sp³-hybridized carbons (Fsp3) is 0.500. The third-order valence-corrected chi connectivity index (χ3v) is 8.72. The van der Waals surface area contributed by atoms with Crippen LogP contribution < -0.4 is 10.5 Å². The zero-order valence-electron chi connectivity index (χ0n) is 23.0. The van der Waals surface area contributed by atoms with Crippen LogP contribution in [0.4, 0.5) is 16.2 Å². The van der Waals surface area contributed by atoms with Gasteiger partial charge in [0.25, 0.3) is 5.56 Å². The van der Waals surface area contributed by atoms with Crippen LogP contribution in [0.3, 0.4) is 0 Å². The van der Waals surface area contributed by atoms with E-state index >= 15 is 0 Å². The van der Waals surface area contributed by atoms with Crippen LogP contribution in [0.1, 0.15) is 56.6 Å². The molecule has 2 fully saturated rings. The van der Waals surface area contributed by atoms with Crippen LogP contribution in [-0.4, -0.2) is 75.2 Å². The number of barbiturate groups is 1. The first-order chi connectivity index (χ1) is 19.1. The van der Waals surface area contributed by atoms with Crippen LogP contribution in [0.5, 0.6) is 5.88 Å². The van der Waals surface area contributed by atoms with Gasteiger partial charge in [-0.3, -0.25) is 38.7 Å². The van der Waals surface area contributed by atoms with Gasteiger partial charge in [0, 0.05) is 39.1 Å². The number of hydrogen-bond acceptors (Lipinski definition) is 8. The predicted molar refractivity (Wildman–Crippen MR) is 153 cm³/mol. The third-order valence-electron chi connectivity index (χ3n) is 8.39. The standard InChI is InChI=1S/C28H34N6O5S/c1-4-5-6-7-12-34-23(36)19(22(35)30-26(34)40)16-29-18-10-11-20-17(14-18)15-28(21-9-8-13-33(20)21)24(37)31(2)27(39)32(3)25(28)38/h10-11,14,16,21,36H,4-9,12-13,15H2,1-3H3,(H,30,35,40)/t21-/m1/s1. The van der Waals surface area contributed by atoms with Crippen molar-refractivity contribution >= 4 is 47.7 Å². The van der Waals surface area contributed by atoms with E-state index in [1.54, 1.807) is 12.1 Å². The maximum atomic E-state index is 13.6. The Morgan fingerprint density at radius 3 is 2.55 bits per heavy atom. The summed E-state index contributed by atoms with van der Waals surface area (Å²) >= 11 is 5.26. The van der Waals surface area contributed by atoms with E-state index in [9.17, 15) is 24.3 Å². The van der Waals surface area contributed by atoms with E-state index in [0.29, 0.717) is 25.2 Å². The maximum Gasteiger partial charge on any atom is 0.332 e. The van der Waals surface area contributed by atoms with Crippen LogP contribution in [0.15, 0.2) is 28.0 Å². The normalized spacial score (nSPS) is 20.1. The summed E-state index contributed by atoms with van der Waals surface area (Å²) in [4.78, 5) is 63.6. The van der Waals surface area contributed by atoms with Gasteiger partial charge in [-0.2, -0.15) is 0 Å². The quantitative estimate of drug-likeness (QED) is 0.227. The number of aliphatic imine (C=N–C) groups is 1. The van der Waals surface area contributed by atoms with E-state index < -0.39 is 28.8 Å². The van der Waals surface area contributed by atoms with Gasteiger partial charge in [-0.25, -0.2) is 4.79 Å². The Hall–Kier alpha value is -3.80. The number of rotatable bonds is 7. The van der Waals surface area contributed by atoms with Crippen molar-refractivity contribution in [2.45, 2.75) is 64.5 Å². The molecule has 1 aromatic carbocycles. The molecule has 0 unspecified atom stereocenters. The number of aromatic nitrogens is 2. The molecule has 0 saturated carbocycles. The molecule has 0 aliphatic carbocycles. The zero-order chi connectivity index (χ0) is 28.8. The first-order valence-electron chi connectivity index (χ1n) is 13.7. The largest absolute Gasteiger partial charge is 0.494 e. The monoisotopic (exact) mass is 566 g/mol. The number of anilines is 1. The molecule has 212 valence electrons. The summed E-state index contributed by atoms with van der Waals surface area (Å²) in [5, 5.41) is 10.8. The Kier molecular flexibility index (Phi) is 7.38. The summed E-state index contributed by atoms with van der Waals surface area (Å²) < 4.78 is 1.66. The summed E-state index contributed by atoms with van der Waals surface area (Å²) in [6.07, 6.45) is 6.90. The van der Waals surface area contributed by atoms with E-state index in [4.69, 9.17) is 12.2 Å². The van der Waals surface area contributed by atoms with E-state index in [-0.39, 0.29) is 28.7 Å². The molecule has 4 heterocycles. The Morgan fingerprint density at radius 1 is 1.12 bits per heavy atom. The van der Waals surface area contributed by atoms with Crippen LogP contribution in [0.25, 0.3) is 0 Å². The minimum atomic E-state index is -1.40. The lowest BCUT2D eigenvalue weighted by Gasteiger charge is -2.50. The number of amides is 4. The first kappa shape index (κ1) is 27.8. The molecule has 3 aliphatic rings. The fourth-order valence-electron chi connectivity index (χ4n) is 6.32. The molecule has 5 rings (SSSR count). The Balaban J connectivity index is 1.49. The van der Waals surface area contributed by atoms with Crippen LogP contribution >= 0.6 is 12.2 Å². The van der Waals surface area contributed by atoms with Crippen LogP contribution in [0, 0.1) is 10.2 Å². The summed E-state index contributed by atoms with van der Waals surface area (Å²) in [5.41, 5.74) is 0.239. The number of nitrogens with one attached hydrogen (secondary N) is 1. The molecule has 4 amide bonds. The van der Waals surface area contributed by atoms with Crippen molar-refractivity contribution < 1.29 is 19.5 Å². The number of aromatic amines is 1. The highest BCUT2D eigenvalue weighted by Crippen LogP contribution is 2.49. The molecule has 3 aliphatic heterocycles. The maximum absolute atomic E-state index is 13.6. The molecule has 0 radical (unpaired) electrons. The molecule has 11 nitrogen and oxygen atoms in total. The minimum absolute atomic E-state index is 0.00251. The zero-order valence-corrected chi connectivity index (χ0v) is 23.8. The summed E-state index contributed by atoms with van der Waals surface area (Å²) in [7, 11) is 2.83. The number of benzene rings is 1. The van der Waals surface area contributed by atoms with Gasteiger partial charge in [0.2, 0.25) is 17.7 Å². The number of fused-ring (bicyclic) bond motifs is 4. The van der Waals surface area contributed by atoms with Gasteiger partial charge in [0.15, 0.2) is 10.2 Å². The van der Waals surface area contributed by atoms with Crippen molar-refractivity contribution in [2.75, 3.05) is 25.5 Å². The van der Waals surface area contributed by atoms with Gasteiger partial charge >= 0.3 is 6.03 Å². The van der Waals surface area contributed by atoms with E-state index in [2.05, 4.69) is 21.8 Å². The molecule has 0 bridgehead atoms. The van der Waals surface area contributed by atoms with Gasteiger partial charge in [-0.15, -0.1) is 0 Å². The van der Waals surface area contributed by atoms with Crippen LogP contribution in [-0.2, 0) is 22.6 Å². The SMILES string of the molecule is CCCCCCn1c(O)c(C=Nc2ccc3c(c2)CC2(C(=O)N(C)C(=O)N(C)C2=O)[C@H]2CCCN32)c(=O)[nH]c1=S. The molecular formula is C28H34N6O5S. The molecule has 2 N–H and O–H groups in total. The summed E-state index contributed by atoms with van der Waals surface area (Å²) in [5.74, 6) is -1.21. The molecule has 40 heavy (non-hydrogen) atoms. The highest BCUT2D eigenvalue weighted by Gasteiger charge is 2.63. The molecule has 2 saturated heterocycles. The molecular weight excluding hydrogens is 532 g/mol. The van der Waals surface area contributed by atoms with Crippen molar-refractivity contribution in [3.05, 3.63) is 44.5 Å². The number of urea groups is 1. The average Bonchev–Trinajstić information content (AvgIpc) is 3.44. The second-order valence-corrected chi connectivity index (χ2v) is 11.2. The fourth-order valence-corrected chi connectivity index (χ4v) is 6.59. The number of aromatic hydroxyl groups is 1. The second kappa shape index (κ2) is 10.6. The lowest BCUT2D eigenvalue weighted by Crippen LogP contribution is -2.70. The lowest BCUT2D eigenvalue weighted by molar-refractivity contribution is -0.159. The number of H-pyrrole nitrogens is 1. The molecule has 2 aromatic rings. The predicted octanol–water partition coefficient (Wildman–Crippen LogP) is 3.50. The smallest absolute Gasteiger partial charge is 0.332 e. The van der Waals surface area contributed by atoms with Crippen molar-refractivity contribution in [1.29, 1.82) is 0 Å². The third kappa shape index (κ3) is 4.34. The van der Waals surface area contributed by atoms with Gasteiger partial charge in [0.1, 0.15) is 5.56 Å². The van der Waals surface area contributed by atoms with Crippen molar-refractivity contribution in [1.82, 2.24) is 19.4 Å². The minimum Gasteiger partial charge on any atom is -0.494 e.